The van der Waals surface area contributed by atoms with Gasteiger partial charge < -0.3 is 13.7 Å². The van der Waals surface area contributed by atoms with Crippen LogP contribution >= 0.6 is 0 Å². The summed E-state index contributed by atoms with van der Waals surface area (Å²) in [5.41, 5.74) is 12.4. The first kappa shape index (κ1) is 30.7. The fourth-order valence-corrected chi connectivity index (χ4v) is 8.67. The molecule has 11 rings (SSSR count). The number of fused-ring (bicyclic) bond motifs is 9. The van der Waals surface area contributed by atoms with E-state index in [9.17, 15) is 5.26 Å². The summed E-state index contributed by atoms with van der Waals surface area (Å²) < 4.78 is 6.78. The lowest BCUT2D eigenvalue weighted by Crippen LogP contribution is -1.99. The molecule has 0 radical (unpaired) electrons. The van der Waals surface area contributed by atoms with Crippen molar-refractivity contribution >= 4 is 71.1 Å². The molecular formula is C50H29N5. The normalized spacial score (nSPS) is 11.6. The van der Waals surface area contributed by atoms with Gasteiger partial charge in [-0.25, -0.2) is 4.85 Å². The van der Waals surface area contributed by atoms with E-state index >= 15 is 0 Å². The molecule has 0 atom stereocenters. The molecule has 0 saturated carbocycles. The minimum absolute atomic E-state index is 0.553. The number of nitriles is 1. The van der Waals surface area contributed by atoms with Gasteiger partial charge in [0.2, 0.25) is 0 Å². The van der Waals surface area contributed by atoms with Gasteiger partial charge in [-0.1, -0.05) is 109 Å². The smallest absolute Gasteiger partial charge is 0.189 e. The molecule has 3 aromatic heterocycles. The number of hydrogen-bond donors (Lipinski definition) is 0. The zero-order chi connectivity index (χ0) is 36.6. The molecule has 5 nitrogen and oxygen atoms in total. The predicted molar refractivity (Wildman–Crippen MR) is 226 cm³/mol. The van der Waals surface area contributed by atoms with Gasteiger partial charge in [0.25, 0.3) is 0 Å². The van der Waals surface area contributed by atoms with E-state index < -0.39 is 0 Å². The predicted octanol–water partition coefficient (Wildman–Crippen LogP) is 13.1. The topological polar surface area (TPSA) is 42.9 Å². The van der Waals surface area contributed by atoms with Gasteiger partial charge >= 0.3 is 0 Å². The number of para-hydroxylation sites is 4. The van der Waals surface area contributed by atoms with Crippen LogP contribution < -0.4 is 0 Å². The third kappa shape index (κ3) is 4.51. The third-order valence-electron chi connectivity index (χ3n) is 11.1. The fourth-order valence-electron chi connectivity index (χ4n) is 8.67. The first-order chi connectivity index (χ1) is 27.2. The summed E-state index contributed by atoms with van der Waals surface area (Å²) in [5.74, 6) is 0. The van der Waals surface area contributed by atoms with Crippen molar-refractivity contribution in [3.05, 3.63) is 193 Å². The summed E-state index contributed by atoms with van der Waals surface area (Å²) in [4.78, 5) is 3.77. The van der Waals surface area contributed by atoms with Crippen LogP contribution in [0.1, 0.15) is 5.56 Å². The second kappa shape index (κ2) is 11.8. The lowest BCUT2D eigenvalue weighted by atomic mass is 10.0. The first-order valence-corrected chi connectivity index (χ1v) is 18.3. The second-order valence-electron chi connectivity index (χ2n) is 14.0. The van der Waals surface area contributed by atoms with E-state index in [1.165, 1.54) is 32.6 Å². The van der Waals surface area contributed by atoms with E-state index in [0.29, 0.717) is 11.3 Å². The molecule has 0 N–H and O–H groups in total. The molecule has 0 bridgehead atoms. The average Bonchev–Trinajstić information content (AvgIpc) is 3.88. The van der Waals surface area contributed by atoms with Crippen molar-refractivity contribution in [3.8, 4) is 34.3 Å². The number of benzene rings is 8. The van der Waals surface area contributed by atoms with E-state index in [2.05, 4.69) is 170 Å². The first-order valence-electron chi connectivity index (χ1n) is 18.3. The molecule has 11 aromatic rings. The molecule has 0 amide bonds. The van der Waals surface area contributed by atoms with Crippen LogP contribution in [-0.2, 0) is 0 Å². The summed E-state index contributed by atoms with van der Waals surface area (Å²) in [6, 6.07) is 63.7. The van der Waals surface area contributed by atoms with E-state index in [4.69, 9.17) is 6.57 Å². The van der Waals surface area contributed by atoms with Gasteiger partial charge in [0.05, 0.1) is 45.4 Å². The van der Waals surface area contributed by atoms with Gasteiger partial charge in [-0.05, 0) is 77.9 Å². The molecule has 0 spiro atoms. The molecule has 3 heterocycles. The Morgan fingerprint density at radius 2 is 0.855 bits per heavy atom. The molecule has 5 heteroatoms. The monoisotopic (exact) mass is 699 g/mol. The van der Waals surface area contributed by atoms with Gasteiger partial charge in [-0.2, -0.15) is 5.26 Å². The molecule has 55 heavy (non-hydrogen) atoms. The minimum atomic E-state index is 0.553. The molecule has 254 valence electrons. The lowest BCUT2D eigenvalue weighted by Gasteiger charge is -2.14. The van der Waals surface area contributed by atoms with Crippen LogP contribution in [0.5, 0.6) is 0 Å². The van der Waals surface area contributed by atoms with Crippen molar-refractivity contribution in [2.24, 2.45) is 0 Å². The third-order valence-corrected chi connectivity index (χ3v) is 11.1. The van der Waals surface area contributed by atoms with Crippen LogP contribution in [0.15, 0.2) is 176 Å². The quantitative estimate of drug-likeness (QED) is 0.169. The maximum Gasteiger partial charge on any atom is 0.189 e. The lowest BCUT2D eigenvalue weighted by molar-refractivity contribution is 1.15. The van der Waals surface area contributed by atoms with Crippen molar-refractivity contribution in [1.29, 1.82) is 5.26 Å². The fraction of sp³-hybridized carbons (Fsp3) is 0. The highest BCUT2D eigenvalue weighted by atomic mass is 15.0. The maximum atomic E-state index is 10.7. The highest BCUT2D eigenvalue weighted by Gasteiger charge is 2.19. The SMILES string of the molecule is [C-]#[N+]c1ccc2c3ccc(-n4c5ccccc5c5ccccc54)cc3n(-c3ccc(-c4ccc(-n5c6ccccc6c6ccccc65)cc4)cc3C#N)c2c1. The Morgan fingerprint density at radius 3 is 1.40 bits per heavy atom. The van der Waals surface area contributed by atoms with Crippen LogP contribution in [0.4, 0.5) is 5.69 Å². The molecule has 0 unspecified atom stereocenters. The van der Waals surface area contributed by atoms with Crippen LogP contribution in [0.2, 0.25) is 0 Å². The Labute approximate surface area is 316 Å². The number of hydrogen-bond acceptors (Lipinski definition) is 1. The Hall–Kier alpha value is -7.86. The van der Waals surface area contributed by atoms with Gasteiger partial charge in [0, 0.05) is 49.2 Å². The standard InChI is InChI=1S/C50H29N5/c1-52-35-21-25-42-43-26-24-37(54-47-16-8-4-12-40(47)41-13-5-9-17-48(41)54)30-50(43)55(49(42)29-35)44-27-20-33(28-34(44)31-51)32-18-22-36(23-19-32)53-45-14-6-2-10-38(45)39-11-3-7-15-46(39)53/h2-30H. The van der Waals surface area contributed by atoms with Gasteiger partial charge in [-0.15, -0.1) is 0 Å². The zero-order valence-electron chi connectivity index (χ0n) is 29.5. The van der Waals surface area contributed by atoms with Crippen LogP contribution in [0.25, 0.3) is 98.5 Å². The molecule has 0 aliphatic rings. The van der Waals surface area contributed by atoms with Gasteiger partial charge in [-0.3, -0.25) is 0 Å². The second-order valence-corrected chi connectivity index (χ2v) is 14.0. The van der Waals surface area contributed by atoms with Gasteiger partial charge in [0.15, 0.2) is 5.69 Å². The largest absolute Gasteiger partial charge is 0.309 e. The Morgan fingerprint density at radius 1 is 0.400 bits per heavy atom. The minimum Gasteiger partial charge on any atom is -0.309 e. The number of nitrogens with zero attached hydrogens (tertiary/aromatic N) is 5. The van der Waals surface area contributed by atoms with Crippen molar-refractivity contribution in [2.75, 3.05) is 0 Å². The van der Waals surface area contributed by atoms with E-state index in [1.54, 1.807) is 0 Å². The molecular weight excluding hydrogens is 671 g/mol. The molecule has 8 aromatic carbocycles. The molecule has 0 aliphatic carbocycles. The molecule has 0 aliphatic heterocycles. The Bertz CT molecular complexity index is 3350. The van der Waals surface area contributed by atoms with Crippen LogP contribution in [0, 0.1) is 17.9 Å². The summed E-state index contributed by atoms with van der Waals surface area (Å²) in [5, 5.41) is 17.7. The summed E-state index contributed by atoms with van der Waals surface area (Å²) >= 11 is 0. The van der Waals surface area contributed by atoms with Gasteiger partial charge in [0.1, 0.15) is 6.07 Å². The zero-order valence-corrected chi connectivity index (χ0v) is 29.5. The van der Waals surface area contributed by atoms with Crippen molar-refractivity contribution < 1.29 is 0 Å². The summed E-state index contributed by atoms with van der Waals surface area (Å²) in [6.07, 6.45) is 0. The number of rotatable bonds is 4. The van der Waals surface area contributed by atoms with Crippen molar-refractivity contribution in [1.82, 2.24) is 13.7 Å². The highest BCUT2D eigenvalue weighted by Crippen LogP contribution is 2.39. The van der Waals surface area contributed by atoms with Crippen LogP contribution in [-0.4, -0.2) is 13.7 Å². The van der Waals surface area contributed by atoms with Crippen molar-refractivity contribution in [2.45, 2.75) is 0 Å². The van der Waals surface area contributed by atoms with Crippen molar-refractivity contribution in [3.63, 3.8) is 0 Å². The maximum absolute atomic E-state index is 10.7. The summed E-state index contributed by atoms with van der Waals surface area (Å²) in [7, 11) is 0. The highest BCUT2D eigenvalue weighted by molar-refractivity contribution is 6.13. The average molecular weight is 700 g/mol. The number of aromatic nitrogens is 3. The van der Waals surface area contributed by atoms with E-state index in [-0.39, 0.29) is 0 Å². The Balaban J connectivity index is 1.07. The summed E-state index contributed by atoms with van der Waals surface area (Å²) in [6.45, 7) is 7.81. The molecule has 0 fully saturated rings. The van der Waals surface area contributed by atoms with E-state index in [1.807, 2.05) is 30.3 Å². The van der Waals surface area contributed by atoms with Crippen LogP contribution in [0.3, 0.4) is 0 Å². The van der Waals surface area contributed by atoms with E-state index in [0.717, 1.165) is 61.0 Å². The Kier molecular flexibility index (Phi) is 6.61. The molecule has 0 saturated heterocycles.